The lowest BCUT2D eigenvalue weighted by molar-refractivity contribution is -0.140. The van der Waals surface area contributed by atoms with Crippen molar-refractivity contribution in [3.05, 3.63) is 105 Å². The van der Waals surface area contributed by atoms with E-state index < -0.39 is 11.9 Å². The first kappa shape index (κ1) is 26.7. The molecular formula is C28H29Cl2FN2O2. The molecule has 0 radical (unpaired) electrons. The third-order valence-electron chi connectivity index (χ3n) is 5.64. The minimum atomic E-state index is -0.857. The van der Waals surface area contributed by atoms with Gasteiger partial charge in [0.15, 0.2) is 0 Å². The van der Waals surface area contributed by atoms with Gasteiger partial charge in [0, 0.05) is 35.1 Å². The number of nitrogens with one attached hydrogen (secondary N) is 1. The maximum Gasteiger partial charge on any atom is 0.243 e. The molecule has 0 aliphatic carbocycles. The van der Waals surface area contributed by atoms with Gasteiger partial charge in [0.1, 0.15) is 11.9 Å². The molecule has 184 valence electrons. The molecule has 0 bridgehead atoms. The van der Waals surface area contributed by atoms with Gasteiger partial charge in [-0.05, 0) is 35.2 Å². The normalized spacial score (nSPS) is 11.8. The van der Waals surface area contributed by atoms with Crippen molar-refractivity contribution in [2.24, 2.45) is 5.92 Å². The van der Waals surface area contributed by atoms with Crippen LogP contribution in [0.15, 0.2) is 72.8 Å². The molecule has 0 saturated carbocycles. The van der Waals surface area contributed by atoms with Crippen LogP contribution in [0.4, 0.5) is 4.39 Å². The molecule has 0 aliphatic heterocycles. The van der Waals surface area contributed by atoms with Crippen molar-refractivity contribution in [1.29, 1.82) is 0 Å². The summed E-state index contributed by atoms with van der Waals surface area (Å²) in [6.45, 7) is 4.38. The number of carbonyl (C=O) groups excluding carboxylic acids is 2. The first-order chi connectivity index (χ1) is 16.8. The Kier molecular flexibility index (Phi) is 9.70. The molecule has 2 amide bonds. The van der Waals surface area contributed by atoms with E-state index in [1.54, 1.807) is 36.4 Å². The smallest absolute Gasteiger partial charge is 0.243 e. The predicted octanol–water partition coefficient (Wildman–Crippen LogP) is 6.09. The minimum Gasteiger partial charge on any atom is -0.354 e. The van der Waals surface area contributed by atoms with E-state index in [0.29, 0.717) is 27.7 Å². The van der Waals surface area contributed by atoms with Crippen molar-refractivity contribution < 1.29 is 14.0 Å². The van der Waals surface area contributed by atoms with Gasteiger partial charge in [-0.15, -0.1) is 0 Å². The lowest BCUT2D eigenvalue weighted by Crippen LogP contribution is -2.51. The van der Waals surface area contributed by atoms with Gasteiger partial charge >= 0.3 is 0 Å². The van der Waals surface area contributed by atoms with Gasteiger partial charge in [-0.2, -0.15) is 0 Å². The van der Waals surface area contributed by atoms with Crippen molar-refractivity contribution in [3.63, 3.8) is 0 Å². The Labute approximate surface area is 216 Å². The monoisotopic (exact) mass is 514 g/mol. The van der Waals surface area contributed by atoms with Gasteiger partial charge in [-0.3, -0.25) is 9.59 Å². The van der Waals surface area contributed by atoms with Gasteiger partial charge in [0.25, 0.3) is 0 Å². The Morgan fingerprint density at radius 1 is 0.914 bits per heavy atom. The lowest BCUT2D eigenvalue weighted by Gasteiger charge is -2.32. The number of halogens is 3. The first-order valence-electron chi connectivity index (χ1n) is 11.5. The van der Waals surface area contributed by atoms with E-state index in [4.69, 9.17) is 23.2 Å². The van der Waals surface area contributed by atoms with Crippen LogP contribution >= 0.6 is 23.2 Å². The van der Waals surface area contributed by atoms with Crippen LogP contribution in [0.2, 0.25) is 10.0 Å². The lowest BCUT2D eigenvalue weighted by atomic mass is 10.0. The fraction of sp³-hybridized carbons (Fsp3) is 0.286. The molecule has 0 saturated heterocycles. The zero-order valence-electron chi connectivity index (χ0n) is 19.8. The number of benzene rings is 3. The number of rotatable bonds is 10. The van der Waals surface area contributed by atoms with Crippen LogP contribution in [0.5, 0.6) is 0 Å². The molecule has 0 heterocycles. The van der Waals surface area contributed by atoms with Gasteiger partial charge in [-0.25, -0.2) is 4.39 Å². The molecule has 0 aromatic heterocycles. The maximum atomic E-state index is 14.6. The van der Waals surface area contributed by atoms with E-state index in [-0.39, 0.29) is 37.1 Å². The summed E-state index contributed by atoms with van der Waals surface area (Å²) in [6.07, 6.45) is 0.164. The summed E-state index contributed by atoms with van der Waals surface area (Å²) < 4.78 is 14.6. The van der Waals surface area contributed by atoms with Crippen molar-refractivity contribution in [1.82, 2.24) is 10.2 Å². The molecule has 0 unspecified atom stereocenters. The average Bonchev–Trinajstić information content (AvgIpc) is 2.83. The molecule has 3 aromatic rings. The molecule has 0 fully saturated rings. The highest BCUT2D eigenvalue weighted by atomic mass is 35.5. The molecule has 0 spiro atoms. The van der Waals surface area contributed by atoms with Gasteiger partial charge in [0.05, 0.1) is 6.42 Å². The van der Waals surface area contributed by atoms with E-state index >= 15 is 0 Å². The number of hydrogen-bond acceptors (Lipinski definition) is 2. The van der Waals surface area contributed by atoms with E-state index in [9.17, 15) is 14.0 Å². The molecule has 4 nitrogen and oxygen atoms in total. The third-order valence-corrected chi connectivity index (χ3v) is 6.35. The predicted molar refractivity (Wildman–Crippen MR) is 139 cm³/mol. The van der Waals surface area contributed by atoms with Gasteiger partial charge < -0.3 is 10.2 Å². The maximum absolute atomic E-state index is 14.6. The van der Waals surface area contributed by atoms with Crippen molar-refractivity contribution in [2.75, 3.05) is 6.54 Å². The highest BCUT2D eigenvalue weighted by molar-refractivity contribution is 6.36. The largest absolute Gasteiger partial charge is 0.354 e. The zero-order valence-corrected chi connectivity index (χ0v) is 21.3. The summed E-state index contributed by atoms with van der Waals surface area (Å²) in [7, 11) is 0. The fourth-order valence-corrected chi connectivity index (χ4v) is 4.27. The summed E-state index contributed by atoms with van der Waals surface area (Å²) in [5, 5.41) is 3.67. The second-order valence-electron chi connectivity index (χ2n) is 8.83. The molecule has 3 rings (SSSR count). The standard InChI is InChI=1S/C28H29Cl2FN2O2/c1-19(2)17-32-28(35)26(15-20-9-4-3-5-10-20)33(18-21-11-6-7-14-25(21)31)27(34)16-22-23(29)12-8-13-24(22)30/h3-14,19,26H,15-18H2,1-2H3,(H,32,35)/t26-/m1/s1. The quantitative estimate of drug-likeness (QED) is 0.356. The number of nitrogens with zero attached hydrogens (tertiary/aromatic N) is 1. The summed E-state index contributed by atoms with van der Waals surface area (Å²) in [6, 6.07) is 19.9. The Balaban J connectivity index is 2.01. The Morgan fingerprint density at radius 2 is 1.54 bits per heavy atom. The molecule has 0 aliphatic rings. The highest BCUT2D eigenvalue weighted by Crippen LogP contribution is 2.26. The summed E-state index contributed by atoms with van der Waals surface area (Å²) in [5.41, 5.74) is 1.68. The van der Waals surface area contributed by atoms with Crippen LogP contribution in [0.25, 0.3) is 0 Å². The van der Waals surface area contributed by atoms with Crippen LogP contribution in [0, 0.1) is 11.7 Å². The molecule has 7 heteroatoms. The SMILES string of the molecule is CC(C)CNC(=O)[C@@H](Cc1ccccc1)N(Cc1ccccc1F)C(=O)Cc1c(Cl)cccc1Cl. The van der Waals surface area contributed by atoms with Crippen molar-refractivity contribution >= 4 is 35.0 Å². The van der Waals surface area contributed by atoms with Crippen LogP contribution in [0.3, 0.4) is 0 Å². The molecular weight excluding hydrogens is 486 g/mol. The van der Waals surface area contributed by atoms with Crippen molar-refractivity contribution in [2.45, 2.75) is 39.3 Å². The Morgan fingerprint density at radius 3 is 2.17 bits per heavy atom. The van der Waals surface area contributed by atoms with Crippen LogP contribution < -0.4 is 5.32 Å². The Bertz CT molecular complexity index is 1130. The topological polar surface area (TPSA) is 49.4 Å². The zero-order chi connectivity index (χ0) is 25.4. The average molecular weight is 515 g/mol. The second kappa shape index (κ2) is 12.7. The fourth-order valence-electron chi connectivity index (χ4n) is 3.74. The number of carbonyl (C=O) groups is 2. The number of amides is 2. The molecule has 1 N–H and O–H groups in total. The Hall–Kier alpha value is -2.89. The van der Waals surface area contributed by atoms with E-state index in [2.05, 4.69) is 5.32 Å². The number of hydrogen-bond donors (Lipinski definition) is 1. The van der Waals surface area contributed by atoms with Crippen LogP contribution in [0.1, 0.15) is 30.5 Å². The van der Waals surface area contributed by atoms with Gasteiger partial charge in [-0.1, -0.05) is 91.6 Å². The molecule has 35 heavy (non-hydrogen) atoms. The molecule has 3 aromatic carbocycles. The molecule has 1 atom stereocenters. The second-order valence-corrected chi connectivity index (χ2v) is 9.65. The summed E-state index contributed by atoms with van der Waals surface area (Å²) >= 11 is 12.7. The third kappa shape index (κ3) is 7.55. The summed E-state index contributed by atoms with van der Waals surface area (Å²) in [4.78, 5) is 28.6. The van der Waals surface area contributed by atoms with Gasteiger partial charge in [0.2, 0.25) is 11.8 Å². The van der Waals surface area contributed by atoms with E-state index in [1.807, 2.05) is 44.2 Å². The highest BCUT2D eigenvalue weighted by Gasteiger charge is 2.31. The minimum absolute atomic E-state index is 0.0693. The van der Waals surface area contributed by atoms with Crippen LogP contribution in [-0.4, -0.2) is 29.3 Å². The van der Waals surface area contributed by atoms with E-state index in [1.165, 1.54) is 11.0 Å². The van der Waals surface area contributed by atoms with Crippen LogP contribution in [-0.2, 0) is 29.0 Å². The van der Waals surface area contributed by atoms with Crippen molar-refractivity contribution in [3.8, 4) is 0 Å². The van der Waals surface area contributed by atoms with E-state index in [0.717, 1.165) is 5.56 Å². The summed E-state index contributed by atoms with van der Waals surface area (Å²) in [5.74, 6) is -0.877. The first-order valence-corrected chi connectivity index (χ1v) is 12.3.